The van der Waals surface area contributed by atoms with Crippen molar-refractivity contribution in [2.45, 2.75) is 24.2 Å². The lowest BCUT2D eigenvalue weighted by molar-refractivity contribution is -0.113. The van der Waals surface area contributed by atoms with E-state index in [1.165, 1.54) is 30.7 Å². The Labute approximate surface area is 158 Å². The molecule has 1 aliphatic heterocycles. The molecule has 1 aromatic heterocycles. The number of halogens is 1. The number of nitrogens with one attached hydrogen (secondary N) is 1. The summed E-state index contributed by atoms with van der Waals surface area (Å²) in [4.78, 5) is 18.7. The predicted molar refractivity (Wildman–Crippen MR) is 102 cm³/mol. The smallest absolute Gasteiger partial charge is 0.240 e. The van der Waals surface area contributed by atoms with Gasteiger partial charge in [0, 0.05) is 18.1 Å². The third-order valence-electron chi connectivity index (χ3n) is 4.21. The van der Waals surface area contributed by atoms with Crippen molar-refractivity contribution in [2.24, 2.45) is 0 Å². The Morgan fingerprint density at radius 2 is 1.77 bits per heavy atom. The molecule has 1 saturated heterocycles. The summed E-state index contributed by atoms with van der Waals surface area (Å²) in [6.07, 6.45) is 5.11. The van der Waals surface area contributed by atoms with Crippen LogP contribution >= 0.6 is 11.6 Å². The summed E-state index contributed by atoms with van der Waals surface area (Å²) in [5.74, 6) is -0.369. The third-order valence-corrected chi connectivity index (χ3v) is 6.09. The van der Waals surface area contributed by atoms with E-state index >= 15 is 0 Å². The van der Waals surface area contributed by atoms with Crippen LogP contribution in [0.15, 0.2) is 47.5 Å². The fourth-order valence-corrected chi connectivity index (χ4v) is 4.13. The van der Waals surface area contributed by atoms with Crippen LogP contribution in [0.25, 0.3) is 0 Å². The molecule has 1 aromatic carbocycles. The Balaban J connectivity index is 1.61. The van der Waals surface area contributed by atoms with Crippen molar-refractivity contribution in [3.8, 4) is 0 Å². The lowest BCUT2D eigenvalue weighted by Gasteiger charge is -2.27. The highest BCUT2D eigenvalue weighted by molar-refractivity contribution is 7.92. The summed E-state index contributed by atoms with van der Waals surface area (Å²) < 4.78 is 24.6. The molecule has 0 atom stereocenters. The van der Waals surface area contributed by atoms with Gasteiger partial charge < -0.3 is 10.2 Å². The Kier molecular flexibility index (Phi) is 5.78. The maximum absolute atomic E-state index is 12.3. The number of sulfone groups is 1. The molecule has 3 rings (SSSR count). The molecule has 1 fully saturated rings. The average molecular weight is 394 g/mol. The fourth-order valence-electron chi connectivity index (χ4n) is 2.86. The van der Waals surface area contributed by atoms with Crippen molar-refractivity contribution in [3.63, 3.8) is 0 Å². The Morgan fingerprint density at radius 3 is 2.38 bits per heavy atom. The normalized spacial score (nSPS) is 14.9. The molecule has 1 N–H and O–H groups in total. The van der Waals surface area contributed by atoms with Crippen molar-refractivity contribution < 1.29 is 13.2 Å². The minimum Gasteiger partial charge on any atom is -0.357 e. The largest absolute Gasteiger partial charge is 0.357 e. The predicted octanol–water partition coefficient (Wildman–Crippen LogP) is 3.14. The van der Waals surface area contributed by atoms with Crippen LogP contribution < -0.4 is 10.2 Å². The Hall–Kier alpha value is -2.12. The molecule has 0 spiro atoms. The summed E-state index contributed by atoms with van der Waals surface area (Å²) in [5, 5.41) is 3.02. The first-order chi connectivity index (χ1) is 12.4. The van der Waals surface area contributed by atoms with Crippen LogP contribution in [0.1, 0.15) is 19.3 Å². The van der Waals surface area contributed by atoms with Crippen LogP contribution in [-0.4, -0.2) is 38.2 Å². The number of aromatic nitrogens is 1. The third kappa shape index (κ3) is 4.74. The van der Waals surface area contributed by atoms with E-state index in [0.717, 1.165) is 31.7 Å². The SMILES string of the molecule is O=C(CS(=O)(=O)c1ccc(Cl)cc1)Nc1ccc(N2CCCCC2)nc1. The molecule has 0 aliphatic carbocycles. The number of nitrogens with zero attached hydrogens (tertiary/aromatic N) is 2. The number of hydrogen-bond donors (Lipinski definition) is 1. The topological polar surface area (TPSA) is 79.4 Å². The van der Waals surface area contributed by atoms with Crippen LogP contribution in [0.4, 0.5) is 11.5 Å². The van der Waals surface area contributed by atoms with E-state index in [4.69, 9.17) is 11.6 Å². The second-order valence-corrected chi connectivity index (χ2v) is 8.64. The van der Waals surface area contributed by atoms with E-state index in [-0.39, 0.29) is 4.90 Å². The van der Waals surface area contributed by atoms with Crippen LogP contribution in [-0.2, 0) is 14.6 Å². The first kappa shape index (κ1) is 18.7. The average Bonchev–Trinajstić information content (AvgIpc) is 2.63. The molecule has 1 amide bonds. The van der Waals surface area contributed by atoms with Gasteiger partial charge in [-0.3, -0.25) is 4.79 Å². The van der Waals surface area contributed by atoms with Crippen LogP contribution in [0.5, 0.6) is 0 Å². The first-order valence-corrected chi connectivity index (χ1v) is 10.5. The van der Waals surface area contributed by atoms with E-state index in [9.17, 15) is 13.2 Å². The highest BCUT2D eigenvalue weighted by Crippen LogP contribution is 2.19. The lowest BCUT2D eigenvalue weighted by atomic mass is 10.1. The fraction of sp³-hybridized carbons (Fsp3) is 0.333. The minimum absolute atomic E-state index is 0.0654. The second-order valence-electron chi connectivity index (χ2n) is 6.21. The van der Waals surface area contributed by atoms with Gasteiger partial charge in [0.2, 0.25) is 5.91 Å². The summed E-state index contributed by atoms with van der Waals surface area (Å²) >= 11 is 5.76. The number of anilines is 2. The number of rotatable bonds is 5. The van der Waals surface area contributed by atoms with Gasteiger partial charge in [0.05, 0.1) is 16.8 Å². The minimum atomic E-state index is -3.72. The lowest BCUT2D eigenvalue weighted by Crippen LogP contribution is -2.30. The van der Waals surface area contributed by atoms with Crippen molar-refractivity contribution >= 4 is 38.9 Å². The Morgan fingerprint density at radius 1 is 1.08 bits per heavy atom. The maximum atomic E-state index is 12.3. The quantitative estimate of drug-likeness (QED) is 0.844. The monoisotopic (exact) mass is 393 g/mol. The molecule has 0 radical (unpaired) electrons. The number of amides is 1. The zero-order valence-corrected chi connectivity index (χ0v) is 15.8. The van der Waals surface area contributed by atoms with Gasteiger partial charge in [-0.1, -0.05) is 11.6 Å². The van der Waals surface area contributed by atoms with Crippen LogP contribution in [0.2, 0.25) is 5.02 Å². The molecule has 26 heavy (non-hydrogen) atoms. The van der Waals surface area contributed by atoms with Gasteiger partial charge in [-0.15, -0.1) is 0 Å². The van der Waals surface area contributed by atoms with E-state index in [0.29, 0.717) is 10.7 Å². The number of hydrogen-bond acceptors (Lipinski definition) is 5. The van der Waals surface area contributed by atoms with Crippen molar-refractivity contribution in [3.05, 3.63) is 47.6 Å². The second kappa shape index (κ2) is 8.05. The van der Waals surface area contributed by atoms with Crippen molar-refractivity contribution in [2.75, 3.05) is 29.1 Å². The Bertz CT molecular complexity index is 862. The van der Waals surface area contributed by atoms with Crippen molar-refractivity contribution in [1.82, 2.24) is 4.98 Å². The molecule has 0 bridgehead atoms. The summed E-state index contributed by atoms with van der Waals surface area (Å²) in [6.45, 7) is 1.97. The number of pyridine rings is 1. The number of carbonyl (C=O) groups excluding carboxylic acids is 1. The van der Waals surface area contributed by atoms with Gasteiger partial charge in [-0.05, 0) is 55.7 Å². The van der Waals surface area contributed by atoms with E-state index in [1.807, 2.05) is 6.07 Å². The van der Waals surface area contributed by atoms with Gasteiger partial charge in [0.1, 0.15) is 11.6 Å². The van der Waals surface area contributed by atoms with Crippen LogP contribution in [0.3, 0.4) is 0 Å². The highest BCUT2D eigenvalue weighted by atomic mass is 35.5. The molecule has 6 nitrogen and oxygen atoms in total. The summed E-state index contributed by atoms with van der Waals surface area (Å²) in [6, 6.07) is 9.32. The number of piperidine rings is 1. The van der Waals surface area contributed by atoms with Gasteiger partial charge >= 0.3 is 0 Å². The molecule has 0 saturated carbocycles. The van der Waals surface area contributed by atoms with Gasteiger partial charge in [-0.25, -0.2) is 13.4 Å². The number of benzene rings is 1. The summed E-state index contributed by atoms with van der Waals surface area (Å²) in [7, 11) is -3.72. The standard InChI is InChI=1S/C18H20ClN3O3S/c19-14-4-7-16(8-5-14)26(24,25)13-18(23)21-15-6-9-17(20-12-15)22-10-2-1-3-11-22/h4-9,12H,1-3,10-11,13H2,(H,21,23). The summed E-state index contributed by atoms with van der Waals surface area (Å²) in [5.41, 5.74) is 0.474. The van der Waals surface area contributed by atoms with E-state index in [2.05, 4.69) is 15.2 Å². The van der Waals surface area contributed by atoms with Crippen LogP contribution in [0, 0.1) is 0 Å². The van der Waals surface area contributed by atoms with Gasteiger partial charge in [-0.2, -0.15) is 0 Å². The molecule has 1 aliphatic rings. The van der Waals surface area contributed by atoms with Gasteiger partial charge in [0.15, 0.2) is 9.84 Å². The molecular weight excluding hydrogens is 374 g/mol. The molecule has 2 heterocycles. The highest BCUT2D eigenvalue weighted by Gasteiger charge is 2.19. The molecule has 0 unspecified atom stereocenters. The molecule has 138 valence electrons. The molecule has 8 heteroatoms. The molecular formula is C18H20ClN3O3S. The zero-order chi connectivity index (χ0) is 18.6. The maximum Gasteiger partial charge on any atom is 0.240 e. The first-order valence-electron chi connectivity index (χ1n) is 8.43. The van der Waals surface area contributed by atoms with E-state index < -0.39 is 21.5 Å². The van der Waals surface area contributed by atoms with Gasteiger partial charge in [0.25, 0.3) is 0 Å². The van der Waals surface area contributed by atoms with E-state index in [1.54, 1.807) is 12.3 Å². The molecule has 2 aromatic rings. The number of carbonyl (C=O) groups is 1. The van der Waals surface area contributed by atoms with Crippen molar-refractivity contribution in [1.29, 1.82) is 0 Å². The zero-order valence-electron chi connectivity index (χ0n) is 14.2.